The van der Waals surface area contributed by atoms with E-state index in [-0.39, 0.29) is 17.5 Å². The molecule has 1 atom stereocenters. The Morgan fingerprint density at radius 2 is 1.91 bits per heavy atom. The number of nitro benzene ring substituents is 1. The van der Waals surface area contributed by atoms with Gasteiger partial charge in [0.1, 0.15) is 5.69 Å². The molecule has 0 saturated carbocycles. The van der Waals surface area contributed by atoms with Gasteiger partial charge in [0, 0.05) is 67.6 Å². The van der Waals surface area contributed by atoms with Crippen molar-refractivity contribution in [3.05, 3.63) is 69.9 Å². The summed E-state index contributed by atoms with van der Waals surface area (Å²) in [6.45, 7) is 5.09. The molecule has 5 rings (SSSR count). The van der Waals surface area contributed by atoms with Gasteiger partial charge in [0.25, 0.3) is 11.6 Å². The molecule has 9 heteroatoms. The van der Waals surface area contributed by atoms with Crippen LogP contribution in [-0.4, -0.2) is 65.6 Å². The zero-order valence-corrected chi connectivity index (χ0v) is 18.9. The van der Waals surface area contributed by atoms with E-state index in [4.69, 9.17) is 16.3 Å². The molecule has 0 aliphatic carbocycles. The minimum absolute atomic E-state index is 0.0327. The smallest absolute Gasteiger partial charge is 0.274 e. The Morgan fingerprint density at radius 3 is 2.67 bits per heavy atom. The predicted molar refractivity (Wildman–Crippen MR) is 127 cm³/mol. The van der Waals surface area contributed by atoms with E-state index in [0.717, 1.165) is 49.3 Å². The van der Waals surface area contributed by atoms with Crippen LogP contribution in [0.3, 0.4) is 0 Å². The van der Waals surface area contributed by atoms with Gasteiger partial charge in [-0.3, -0.25) is 19.8 Å². The molecule has 1 saturated heterocycles. The fourth-order valence-corrected chi connectivity index (χ4v) is 5.06. The number of carbonyl (C=O) groups is 1. The average Bonchev–Trinajstić information content (AvgIpc) is 3.41. The molecule has 3 heterocycles. The Morgan fingerprint density at radius 1 is 1.12 bits per heavy atom. The molecule has 1 amide bonds. The number of nitrogens with zero attached hydrogens (tertiary/aromatic N) is 4. The van der Waals surface area contributed by atoms with Crippen LogP contribution in [-0.2, 0) is 11.3 Å². The number of alkyl halides is 1. The van der Waals surface area contributed by atoms with Crippen molar-refractivity contribution in [2.45, 2.75) is 12.5 Å². The standard InChI is InChI=1S/C24H25ClN4O4/c25-15-18-16-28(22-14-19(29(31)32)5-6-20(18)22)24(30)23-13-17-3-1-2-4-21(17)27(23)8-7-26-9-11-33-12-10-26/h1-6,13-14,18H,7-12,15-16H2. The fraction of sp³-hybridized carbons (Fsp3) is 0.375. The van der Waals surface area contributed by atoms with Gasteiger partial charge in [-0.1, -0.05) is 18.2 Å². The molecule has 0 N–H and O–H groups in total. The first-order chi connectivity index (χ1) is 16.1. The molecule has 0 radical (unpaired) electrons. The van der Waals surface area contributed by atoms with Crippen LogP contribution in [0.1, 0.15) is 22.0 Å². The number of benzene rings is 2. The van der Waals surface area contributed by atoms with E-state index in [2.05, 4.69) is 9.47 Å². The van der Waals surface area contributed by atoms with Crippen molar-refractivity contribution in [3.8, 4) is 0 Å². The molecule has 2 aliphatic heterocycles. The van der Waals surface area contributed by atoms with Crippen LogP contribution in [0.25, 0.3) is 10.9 Å². The number of aromatic nitrogens is 1. The van der Waals surface area contributed by atoms with Gasteiger partial charge in [-0.2, -0.15) is 0 Å². The van der Waals surface area contributed by atoms with Crippen molar-refractivity contribution in [1.82, 2.24) is 9.47 Å². The second kappa shape index (κ2) is 9.13. The lowest BCUT2D eigenvalue weighted by atomic mass is 10.0. The molecule has 33 heavy (non-hydrogen) atoms. The summed E-state index contributed by atoms with van der Waals surface area (Å²) in [5.41, 5.74) is 3.00. The number of para-hydroxylation sites is 1. The van der Waals surface area contributed by atoms with Gasteiger partial charge in [-0.15, -0.1) is 11.6 Å². The van der Waals surface area contributed by atoms with Gasteiger partial charge in [-0.25, -0.2) is 0 Å². The second-order valence-corrected chi connectivity index (χ2v) is 8.77. The van der Waals surface area contributed by atoms with Crippen LogP contribution in [0.15, 0.2) is 48.5 Å². The first-order valence-electron chi connectivity index (χ1n) is 11.1. The van der Waals surface area contributed by atoms with Gasteiger partial charge in [0.15, 0.2) is 0 Å². The molecular formula is C24H25ClN4O4. The number of halogens is 1. The highest BCUT2D eigenvalue weighted by Crippen LogP contribution is 2.40. The largest absolute Gasteiger partial charge is 0.379 e. The van der Waals surface area contributed by atoms with Crippen LogP contribution in [0.2, 0.25) is 0 Å². The van der Waals surface area contributed by atoms with Crippen LogP contribution in [0.4, 0.5) is 11.4 Å². The van der Waals surface area contributed by atoms with Crippen molar-refractivity contribution in [2.24, 2.45) is 0 Å². The number of fused-ring (bicyclic) bond motifs is 2. The summed E-state index contributed by atoms with van der Waals surface area (Å²) in [6, 6.07) is 14.6. The van der Waals surface area contributed by atoms with E-state index in [1.807, 2.05) is 30.3 Å². The summed E-state index contributed by atoms with van der Waals surface area (Å²) in [4.78, 5) is 28.8. The average molecular weight is 469 g/mol. The van der Waals surface area contributed by atoms with Crippen molar-refractivity contribution in [3.63, 3.8) is 0 Å². The van der Waals surface area contributed by atoms with Crippen LogP contribution in [0, 0.1) is 10.1 Å². The maximum Gasteiger partial charge on any atom is 0.274 e. The maximum atomic E-state index is 13.9. The quantitative estimate of drug-likeness (QED) is 0.312. The Bertz CT molecular complexity index is 1200. The number of amides is 1. The van der Waals surface area contributed by atoms with E-state index >= 15 is 0 Å². The first-order valence-corrected chi connectivity index (χ1v) is 11.6. The van der Waals surface area contributed by atoms with E-state index in [9.17, 15) is 14.9 Å². The van der Waals surface area contributed by atoms with Crippen molar-refractivity contribution < 1.29 is 14.5 Å². The highest BCUT2D eigenvalue weighted by molar-refractivity contribution is 6.19. The monoisotopic (exact) mass is 468 g/mol. The molecular weight excluding hydrogens is 444 g/mol. The summed E-state index contributed by atoms with van der Waals surface area (Å²) in [7, 11) is 0. The molecule has 1 fully saturated rings. The van der Waals surface area contributed by atoms with Crippen molar-refractivity contribution in [2.75, 3.05) is 50.2 Å². The first kappa shape index (κ1) is 21.9. The van der Waals surface area contributed by atoms with E-state index < -0.39 is 4.92 Å². The topological polar surface area (TPSA) is 80.8 Å². The fourth-order valence-electron chi connectivity index (χ4n) is 4.80. The number of carbonyl (C=O) groups excluding carboxylic acids is 1. The predicted octanol–water partition coefficient (Wildman–Crippen LogP) is 3.86. The van der Waals surface area contributed by atoms with E-state index in [1.165, 1.54) is 12.1 Å². The third-order valence-electron chi connectivity index (χ3n) is 6.56. The van der Waals surface area contributed by atoms with Crippen molar-refractivity contribution >= 4 is 39.8 Å². The molecule has 1 aromatic heterocycles. The lowest BCUT2D eigenvalue weighted by Gasteiger charge is -2.27. The number of ether oxygens (including phenoxy) is 1. The third-order valence-corrected chi connectivity index (χ3v) is 6.94. The second-order valence-electron chi connectivity index (χ2n) is 8.46. The van der Waals surface area contributed by atoms with Gasteiger partial charge in [-0.05, 0) is 23.8 Å². The normalized spacial score (nSPS) is 18.6. The molecule has 0 bridgehead atoms. The summed E-state index contributed by atoms with van der Waals surface area (Å²) in [6.07, 6.45) is 0. The Hall–Kier alpha value is -2.94. The summed E-state index contributed by atoms with van der Waals surface area (Å²) in [5.74, 6) is 0.120. The molecule has 0 spiro atoms. The molecule has 2 aliphatic rings. The molecule has 8 nitrogen and oxygen atoms in total. The third kappa shape index (κ3) is 4.10. The SMILES string of the molecule is O=C(c1cc2ccccc2n1CCN1CCOCC1)N1CC(CCl)c2ccc([N+](=O)[O-])cc21. The lowest BCUT2D eigenvalue weighted by Crippen LogP contribution is -2.38. The number of rotatable bonds is 6. The van der Waals surface area contributed by atoms with Gasteiger partial charge < -0.3 is 14.2 Å². The molecule has 2 aromatic carbocycles. The lowest BCUT2D eigenvalue weighted by molar-refractivity contribution is -0.384. The highest BCUT2D eigenvalue weighted by atomic mass is 35.5. The summed E-state index contributed by atoms with van der Waals surface area (Å²) >= 11 is 6.19. The van der Waals surface area contributed by atoms with Crippen molar-refractivity contribution in [1.29, 1.82) is 0 Å². The minimum atomic E-state index is -0.434. The molecule has 172 valence electrons. The zero-order valence-electron chi connectivity index (χ0n) is 18.2. The van der Waals surface area contributed by atoms with Crippen LogP contribution >= 0.6 is 11.6 Å². The number of nitro groups is 1. The number of morpholine rings is 1. The highest BCUT2D eigenvalue weighted by Gasteiger charge is 2.35. The maximum absolute atomic E-state index is 13.9. The number of anilines is 1. The Labute approximate surface area is 196 Å². The summed E-state index contributed by atoms with van der Waals surface area (Å²) in [5, 5.41) is 12.4. The van der Waals surface area contributed by atoms with E-state index in [0.29, 0.717) is 30.4 Å². The summed E-state index contributed by atoms with van der Waals surface area (Å²) < 4.78 is 7.52. The zero-order chi connectivity index (χ0) is 22.9. The number of hydrogen-bond acceptors (Lipinski definition) is 5. The number of hydrogen-bond donors (Lipinski definition) is 0. The Balaban J connectivity index is 1.51. The molecule has 3 aromatic rings. The van der Waals surface area contributed by atoms with Gasteiger partial charge >= 0.3 is 0 Å². The Kier molecular flexibility index (Phi) is 6.05. The minimum Gasteiger partial charge on any atom is -0.379 e. The van der Waals surface area contributed by atoms with Gasteiger partial charge in [0.2, 0.25) is 0 Å². The van der Waals surface area contributed by atoms with Crippen LogP contribution in [0.5, 0.6) is 0 Å². The van der Waals surface area contributed by atoms with E-state index in [1.54, 1.807) is 11.0 Å². The van der Waals surface area contributed by atoms with Crippen LogP contribution < -0.4 is 4.90 Å². The number of non-ortho nitro benzene ring substituents is 1. The molecule has 1 unspecified atom stereocenters. The van der Waals surface area contributed by atoms with Gasteiger partial charge in [0.05, 0.1) is 23.8 Å².